The lowest BCUT2D eigenvalue weighted by molar-refractivity contribution is -0.149. The van der Waals surface area contributed by atoms with Gasteiger partial charge in [-0.25, -0.2) is 9.78 Å². The minimum Gasteiger partial charge on any atom is -0.481 e. The Morgan fingerprint density at radius 2 is 2.14 bits per heavy atom. The zero-order valence-electron chi connectivity index (χ0n) is 11.2. The topological polar surface area (TPSA) is 127 Å². The molecule has 2 aromatic rings. The average Bonchev–Trinajstić information content (AvgIpc) is 3.10. The van der Waals surface area contributed by atoms with E-state index < -0.39 is 11.4 Å². The number of nitrogens with one attached hydrogen (secondary N) is 1. The van der Waals surface area contributed by atoms with Gasteiger partial charge in [-0.1, -0.05) is 12.8 Å². The van der Waals surface area contributed by atoms with Crippen LogP contribution >= 0.6 is 0 Å². The number of rotatable bonds is 4. The molecule has 0 atom stereocenters. The Kier molecular flexibility index (Phi) is 3.24. The molecular weight excluding hydrogens is 276 g/mol. The van der Waals surface area contributed by atoms with Crippen molar-refractivity contribution < 1.29 is 9.90 Å². The molecule has 0 bridgehead atoms. The zero-order valence-corrected chi connectivity index (χ0v) is 11.2. The fraction of sp³-hybridized carbons (Fsp3) is 0.500. The fourth-order valence-corrected chi connectivity index (χ4v) is 2.74. The Bertz CT molecular complexity index is 695. The van der Waals surface area contributed by atoms with Gasteiger partial charge in [-0.3, -0.25) is 9.59 Å². The second-order valence-corrected chi connectivity index (χ2v) is 5.26. The van der Waals surface area contributed by atoms with Crippen molar-refractivity contribution in [1.29, 1.82) is 0 Å². The molecule has 1 aliphatic carbocycles. The maximum Gasteiger partial charge on any atom is 0.311 e. The molecule has 1 saturated carbocycles. The number of tetrazole rings is 1. The second-order valence-electron chi connectivity index (χ2n) is 5.26. The predicted molar refractivity (Wildman–Crippen MR) is 70.2 cm³/mol. The lowest BCUT2D eigenvalue weighted by Gasteiger charge is -2.23. The van der Waals surface area contributed by atoms with Crippen LogP contribution in [0.5, 0.6) is 0 Å². The van der Waals surface area contributed by atoms with Gasteiger partial charge in [0.2, 0.25) is 5.82 Å². The van der Waals surface area contributed by atoms with Crippen LogP contribution in [0.15, 0.2) is 16.9 Å². The molecule has 0 saturated heterocycles. The van der Waals surface area contributed by atoms with Crippen LogP contribution in [0, 0.1) is 5.41 Å². The van der Waals surface area contributed by atoms with Gasteiger partial charge < -0.3 is 5.11 Å². The van der Waals surface area contributed by atoms with Gasteiger partial charge in [0.05, 0.1) is 12.0 Å². The van der Waals surface area contributed by atoms with Gasteiger partial charge in [-0.15, -0.1) is 5.10 Å². The first-order valence-corrected chi connectivity index (χ1v) is 6.66. The van der Waals surface area contributed by atoms with Crippen molar-refractivity contribution in [2.75, 3.05) is 0 Å². The summed E-state index contributed by atoms with van der Waals surface area (Å²) in [6, 6.07) is 2.83. The molecule has 0 unspecified atom stereocenters. The van der Waals surface area contributed by atoms with Crippen LogP contribution in [-0.4, -0.2) is 41.5 Å². The number of hydrogen-bond acceptors (Lipinski definition) is 6. The standard InChI is InChI=1S/C12H14N6O3/c19-9-4-3-8(13-14-9)10-15-16-17-18(10)7-12(11(20)21)5-1-2-6-12/h3-4H,1-2,5-7H2,(H,14,19)(H,20,21). The first-order valence-electron chi connectivity index (χ1n) is 6.66. The van der Waals surface area contributed by atoms with E-state index in [4.69, 9.17) is 0 Å². The third-order valence-electron chi connectivity index (χ3n) is 3.91. The quantitative estimate of drug-likeness (QED) is 0.815. The zero-order chi connectivity index (χ0) is 14.9. The van der Waals surface area contributed by atoms with Gasteiger partial charge in [0.25, 0.3) is 5.56 Å². The molecule has 3 rings (SSSR count). The summed E-state index contributed by atoms with van der Waals surface area (Å²) >= 11 is 0. The van der Waals surface area contributed by atoms with E-state index in [-0.39, 0.29) is 12.1 Å². The molecule has 1 fully saturated rings. The molecule has 9 heteroatoms. The highest BCUT2D eigenvalue weighted by Gasteiger charge is 2.42. The summed E-state index contributed by atoms with van der Waals surface area (Å²) < 4.78 is 1.44. The van der Waals surface area contributed by atoms with E-state index in [9.17, 15) is 14.7 Å². The number of carbonyl (C=O) groups is 1. The number of aliphatic carboxylic acids is 1. The average molecular weight is 290 g/mol. The fourth-order valence-electron chi connectivity index (χ4n) is 2.74. The summed E-state index contributed by atoms with van der Waals surface area (Å²) in [5.74, 6) is -0.477. The van der Waals surface area contributed by atoms with Crippen LogP contribution in [0.25, 0.3) is 11.5 Å². The third kappa shape index (κ3) is 2.41. The number of H-pyrrole nitrogens is 1. The van der Waals surface area contributed by atoms with E-state index in [2.05, 4.69) is 25.7 Å². The van der Waals surface area contributed by atoms with E-state index in [1.165, 1.54) is 16.8 Å². The van der Waals surface area contributed by atoms with Gasteiger partial charge in [0, 0.05) is 6.07 Å². The number of nitrogens with zero attached hydrogens (tertiary/aromatic N) is 5. The normalized spacial score (nSPS) is 17.0. The predicted octanol–water partition coefficient (Wildman–Crippen LogP) is 0.0684. The van der Waals surface area contributed by atoms with E-state index in [0.717, 1.165) is 12.8 Å². The largest absolute Gasteiger partial charge is 0.481 e. The van der Waals surface area contributed by atoms with Crippen molar-refractivity contribution >= 4 is 5.97 Å². The van der Waals surface area contributed by atoms with Gasteiger partial charge in [0.1, 0.15) is 5.69 Å². The van der Waals surface area contributed by atoms with Crippen LogP contribution in [0.2, 0.25) is 0 Å². The minimum atomic E-state index is -0.827. The van der Waals surface area contributed by atoms with E-state index in [1.54, 1.807) is 0 Å². The highest BCUT2D eigenvalue weighted by Crippen LogP contribution is 2.40. The summed E-state index contributed by atoms with van der Waals surface area (Å²) in [5.41, 5.74) is -0.750. The van der Waals surface area contributed by atoms with Crippen LogP contribution in [0.1, 0.15) is 25.7 Å². The third-order valence-corrected chi connectivity index (χ3v) is 3.91. The smallest absolute Gasteiger partial charge is 0.311 e. The number of hydrogen-bond donors (Lipinski definition) is 2. The van der Waals surface area contributed by atoms with Gasteiger partial charge in [-0.2, -0.15) is 5.10 Å². The van der Waals surface area contributed by atoms with Crippen LogP contribution in [0.4, 0.5) is 0 Å². The van der Waals surface area contributed by atoms with Crippen LogP contribution in [0.3, 0.4) is 0 Å². The Hall–Kier alpha value is -2.58. The Labute approximate surface area is 119 Å². The second kappa shape index (κ2) is 5.08. The molecule has 0 radical (unpaired) electrons. The summed E-state index contributed by atoms with van der Waals surface area (Å²) in [7, 11) is 0. The van der Waals surface area contributed by atoms with Crippen molar-refractivity contribution in [2.24, 2.45) is 5.41 Å². The molecule has 110 valence electrons. The maximum atomic E-state index is 11.6. The summed E-state index contributed by atoms with van der Waals surface area (Å²) in [4.78, 5) is 22.6. The lowest BCUT2D eigenvalue weighted by Crippen LogP contribution is -2.33. The SMILES string of the molecule is O=C(O)C1(Cn2nnnc2-c2ccc(=O)[nH]n2)CCCC1. The number of aromatic nitrogens is 6. The van der Waals surface area contributed by atoms with E-state index in [0.29, 0.717) is 24.4 Å². The highest BCUT2D eigenvalue weighted by molar-refractivity contribution is 5.75. The van der Waals surface area contributed by atoms with Crippen molar-refractivity contribution in [3.63, 3.8) is 0 Å². The van der Waals surface area contributed by atoms with E-state index in [1.807, 2.05) is 0 Å². The van der Waals surface area contributed by atoms with Crippen molar-refractivity contribution in [1.82, 2.24) is 30.4 Å². The summed E-state index contributed by atoms with van der Waals surface area (Å²) in [6.07, 6.45) is 3.00. The lowest BCUT2D eigenvalue weighted by atomic mass is 9.86. The summed E-state index contributed by atoms with van der Waals surface area (Å²) in [6.45, 7) is 0.200. The number of aromatic amines is 1. The summed E-state index contributed by atoms with van der Waals surface area (Å²) in [5, 5.41) is 27.0. The molecule has 9 nitrogen and oxygen atoms in total. The molecule has 0 aliphatic heterocycles. The van der Waals surface area contributed by atoms with Crippen molar-refractivity contribution in [3.05, 3.63) is 22.5 Å². The maximum absolute atomic E-state index is 11.6. The molecule has 2 heterocycles. The van der Waals surface area contributed by atoms with Crippen LogP contribution < -0.4 is 5.56 Å². The Morgan fingerprint density at radius 1 is 1.38 bits per heavy atom. The molecule has 2 aromatic heterocycles. The number of carboxylic acids is 1. The molecule has 1 aliphatic rings. The highest BCUT2D eigenvalue weighted by atomic mass is 16.4. The van der Waals surface area contributed by atoms with Crippen LogP contribution in [-0.2, 0) is 11.3 Å². The van der Waals surface area contributed by atoms with E-state index >= 15 is 0 Å². The number of carboxylic acid groups (broad SMARTS) is 1. The molecule has 0 spiro atoms. The minimum absolute atomic E-state index is 0.200. The van der Waals surface area contributed by atoms with Crippen molar-refractivity contribution in [3.8, 4) is 11.5 Å². The first-order chi connectivity index (χ1) is 10.1. The van der Waals surface area contributed by atoms with Gasteiger partial charge in [-0.05, 0) is 29.3 Å². The van der Waals surface area contributed by atoms with Gasteiger partial charge in [0.15, 0.2) is 0 Å². The first kappa shape index (κ1) is 13.4. The Balaban J connectivity index is 1.94. The molecule has 0 aromatic carbocycles. The van der Waals surface area contributed by atoms with Gasteiger partial charge >= 0.3 is 5.97 Å². The molecular formula is C12H14N6O3. The monoisotopic (exact) mass is 290 g/mol. The molecule has 2 N–H and O–H groups in total. The van der Waals surface area contributed by atoms with Crippen molar-refractivity contribution in [2.45, 2.75) is 32.2 Å². The Morgan fingerprint density at radius 3 is 2.76 bits per heavy atom. The molecule has 0 amide bonds. The molecule has 21 heavy (non-hydrogen) atoms.